The van der Waals surface area contributed by atoms with Gasteiger partial charge in [-0.15, -0.1) is 0 Å². The molecule has 0 aromatic carbocycles. The van der Waals surface area contributed by atoms with Gasteiger partial charge in [0, 0.05) is 38.4 Å². The summed E-state index contributed by atoms with van der Waals surface area (Å²) in [4.78, 5) is 48.5. The highest BCUT2D eigenvalue weighted by Crippen LogP contribution is 2.27. The van der Waals surface area contributed by atoms with Gasteiger partial charge in [0.05, 0.1) is 26.5 Å². The molecule has 3 heterocycles. The first kappa shape index (κ1) is 26.3. The number of amides is 3. The Morgan fingerprint density at radius 3 is 2.69 bits per heavy atom. The van der Waals surface area contributed by atoms with Crippen molar-refractivity contribution >= 4 is 29.9 Å². The van der Waals surface area contributed by atoms with Crippen molar-refractivity contribution < 1.29 is 28.6 Å². The van der Waals surface area contributed by atoms with Crippen LogP contribution in [-0.2, 0) is 16.1 Å². The van der Waals surface area contributed by atoms with Crippen molar-refractivity contribution in [2.45, 2.75) is 6.54 Å². The quantitative estimate of drug-likeness (QED) is 0.360. The number of carbonyl (C=O) groups is 3. The maximum Gasteiger partial charge on any atom is 0.326 e. The Bertz CT molecular complexity index is 1170. The van der Waals surface area contributed by atoms with E-state index in [1.807, 2.05) is 18.0 Å². The topological polar surface area (TPSA) is 159 Å². The number of ether oxygens (including phenoxy) is 3. The summed E-state index contributed by atoms with van der Waals surface area (Å²) in [6, 6.07) is 4.24. The van der Waals surface area contributed by atoms with E-state index < -0.39 is 6.03 Å². The van der Waals surface area contributed by atoms with Crippen LogP contribution in [0.4, 0.5) is 16.4 Å². The maximum atomic E-state index is 12.6. The molecule has 1 saturated heterocycles. The van der Waals surface area contributed by atoms with Crippen molar-refractivity contribution in [2.24, 2.45) is 0 Å². The molecule has 1 aliphatic heterocycles. The molecule has 0 radical (unpaired) electrons. The smallest absolute Gasteiger partial charge is 0.326 e. The van der Waals surface area contributed by atoms with Gasteiger partial charge in [0.15, 0.2) is 17.9 Å². The molecule has 3 rings (SSSR count). The summed E-state index contributed by atoms with van der Waals surface area (Å²) in [5, 5.41) is 14.3. The molecule has 2 N–H and O–H groups in total. The van der Waals surface area contributed by atoms with E-state index in [0.717, 1.165) is 6.54 Å². The van der Waals surface area contributed by atoms with Crippen LogP contribution in [0.1, 0.15) is 21.6 Å². The van der Waals surface area contributed by atoms with E-state index >= 15 is 0 Å². The Morgan fingerprint density at radius 1 is 1.22 bits per heavy atom. The number of anilines is 2. The summed E-state index contributed by atoms with van der Waals surface area (Å²) in [6.45, 7) is 2.26. The predicted molar refractivity (Wildman–Crippen MR) is 128 cm³/mol. The molecule has 1 fully saturated rings. The number of pyridine rings is 2. The van der Waals surface area contributed by atoms with Crippen LogP contribution in [0.2, 0.25) is 0 Å². The number of nitriles is 1. The van der Waals surface area contributed by atoms with E-state index in [1.54, 1.807) is 11.0 Å². The molecule has 0 aliphatic carbocycles. The molecule has 1 aliphatic rings. The van der Waals surface area contributed by atoms with Gasteiger partial charge in [0.25, 0.3) is 0 Å². The summed E-state index contributed by atoms with van der Waals surface area (Å²) in [5.74, 6) is 0.529. The first-order chi connectivity index (χ1) is 17.4. The summed E-state index contributed by atoms with van der Waals surface area (Å²) in [6.07, 6.45) is 1.83. The Balaban J connectivity index is 1.74. The van der Waals surface area contributed by atoms with Crippen LogP contribution in [0.15, 0.2) is 18.3 Å². The lowest BCUT2D eigenvalue weighted by molar-refractivity contribution is -0.136. The highest BCUT2D eigenvalue weighted by molar-refractivity contribution is 5.99. The summed E-state index contributed by atoms with van der Waals surface area (Å²) < 4.78 is 15.8. The molecule has 0 spiro atoms. The van der Waals surface area contributed by atoms with Crippen molar-refractivity contribution in [3.8, 4) is 17.6 Å². The van der Waals surface area contributed by atoms with E-state index in [1.165, 1.54) is 26.5 Å². The molecule has 13 heteroatoms. The molecule has 2 aromatic rings. The number of nitrogens with zero attached hydrogens (tertiary/aromatic N) is 5. The van der Waals surface area contributed by atoms with Crippen LogP contribution >= 0.6 is 0 Å². The second-order valence-electron chi connectivity index (χ2n) is 7.85. The van der Waals surface area contributed by atoms with Crippen LogP contribution in [0.5, 0.6) is 11.5 Å². The third kappa shape index (κ3) is 6.65. The lowest BCUT2D eigenvalue weighted by Gasteiger charge is -2.32. The fourth-order valence-corrected chi connectivity index (χ4v) is 3.42. The van der Waals surface area contributed by atoms with Crippen LogP contribution in [-0.4, -0.2) is 92.1 Å². The molecule has 0 unspecified atom stereocenters. The largest absolute Gasteiger partial charge is 0.493 e. The van der Waals surface area contributed by atoms with E-state index in [0.29, 0.717) is 31.5 Å². The SMILES string of the molecule is COCCOc1cc(NC(=O)Nc2nc(C=O)c(CN3CCN(C)CC3=O)cc2OC)ncc1C#N. The third-order valence-corrected chi connectivity index (χ3v) is 5.31. The van der Waals surface area contributed by atoms with Crippen molar-refractivity contribution in [1.82, 2.24) is 19.8 Å². The molecule has 0 bridgehead atoms. The number of rotatable bonds is 10. The fourth-order valence-electron chi connectivity index (χ4n) is 3.42. The molecule has 0 atom stereocenters. The minimum atomic E-state index is -0.709. The summed E-state index contributed by atoms with van der Waals surface area (Å²) >= 11 is 0. The third-order valence-electron chi connectivity index (χ3n) is 5.31. The molecule has 36 heavy (non-hydrogen) atoms. The van der Waals surface area contributed by atoms with Crippen LogP contribution in [0.3, 0.4) is 0 Å². The minimum absolute atomic E-state index is 0.00997. The zero-order valence-electron chi connectivity index (χ0n) is 20.2. The Morgan fingerprint density at radius 2 is 2.03 bits per heavy atom. The highest BCUT2D eigenvalue weighted by Gasteiger charge is 2.24. The number of nitrogens with one attached hydrogen (secondary N) is 2. The molecular formula is C23H27N7O6. The lowest BCUT2D eigenvalue weighted by atomic mass is 10.1. The average Bonchev–Trinajstić information content (AvgIpc) is 2.86. The lowest BCUT2D eigenvalue weighted by Crippen LogP contribution is -2.48. The van der Waals surface area contributed by atoms with Gasteiger partial charge in [-0.05, 0) is 13.1 Å². The standard InChI is InChI=1S/C23H27N7O6/c1-29-4-5-30(21(32)13-29)12-15-8-19(35-3)22(26-17(15)14-31)28-23(33)27-20-9-18(36-7-6-34-2)16(10-24)11-25-20/h8-9,11,14H,4-7,12-13H2,1-3H3,(H2,25,26,27,28,33). The summed E-state index contributed by atoms with van der Waals surface area (Å²) in [5.41, 5.74) is 0.769. The number of likely N-dealkylation sites (N-methyl/N-ethyl adjacent to an activating group) is 1. The highest BCUT2D eigenvalue weighted by atomic mass is 16.5. The van der Waals surface area contributed by atoms with Gasteiger partial charge in [-0.2, -0.15) is 5.26 Å². The normalized spacial score (nSPS) is 13.6. The Kier molecular flexibility index (Phi) is 9.09. The molecule has 190 valence electrons. The van der Waals surface area contributed by atoms with Crippen LogP contribution in [0, 0.1) is 11.3 Å². The molecular weight excluding hydrogens is 470 g/mol. The van der Waals surface area contributed by atoms with Crippen LogP contribution in [0.25, 0.3) is 0 Å². The van der Waals surface area contributed by atoms with Gasteiger partial charge in [-0.25, -0.2) is 14.8 Å². The predicted octanol–water partition coefficient (Wildman–Crippen LogP) is 1.11. The van der Waals surface area contributed by atoms with Crippen molar-refractivity contribution in [2.75, 3.05) is 64.7 Å². The number of aromatic nitrogens is 2. The van der Waals surface area contributed by atoms with Crippen molar-refractivity contribution in [1.29, 1.82) is 5.26 Å². The Labute approximate surface area is 208 Å². The number of carbonyl (C=O) groups excluding carboxylic acids is 3. The number of piperazine rings is 1. The second-order valence-corrected chi connectivity index (χ2v) is 7.85. The van der Waals surface area contributed by atoms with Crippen LogP contribution < -0.4 is 20.1 Å². The molecule has 3 amide bonds. The van der Waals surface area contributed by atoms with Crippen molar-refractivity contribution in [3.63, 3.8) is 0 Å². The summed E-state index contributed by atoms with van der Waals surface area (Å²) in [7, 11) is 4.79. The number of aldehydes is 1. The molecule has 0 saturated carbocycles. The number of hydrogen-bond donors (Lipinski definition) is 2. The molecule has 13 nitrogen and oxygen atoms in total. The van der Waals surface area contributed by atoms with E-state index in [4.69, 9.17) is 14.2 Å². The van der Waals surface area contributed by atoms with Crippen molar-refractivity contribution in [3.05, 3.63) is 35.2 Å². The van der Waals surface area contributed by atoms with Gasteiger partial charge in [-0.1, -0.05) is 0 Å². The van der Waals surface area contributed by atoms with Gasteiger partial charge in [0.1, 0.15) is 35.5 Å². The Hall–Kier alpha value is -4.28. The van der Waals surface area contributed by atoms with Gasteiger partial charge < -0.3 is 19.1 Å². The zero-order chi connectivity index (χ0) is 26.1. The van der Waals surface area contributed by atoms with E-state index in [2.05, 4.69) is 20.6 Å². The average molecular weight is 498 g/mol. The fraction of sp³-hybridized carbons (Fsp3) is 0.391. The number of hydrogen-bond acceptors (Lipinski definition) is 10. The van der Waals surface area contributed by atoms with Gasteiger partial charge in [-0.3, -0.25) is 25.1 Å². The first-order valence-electron chi connectivity index (χ1n) is 11.0. The number of methoxy groups -OCH3 is 2. The second kappa shape index (κ2) is 12.4. The minimum Gasteiger partial charge on any atom is -0.493 e. The van der Waals surface area contributed by atoms with Gasteiger partial charge in [0.2, 0.25) is 5.91 Å². The van der Waals surface area contributed by atoms with E-state index in [9.17, 15) is 19.6 Å². The van der Waals surface area contributed by atoms with Gasteiger partial charge >= 0.3 is 6.03 Å². The molecule has 2 aromatic heterocycles. The maximum absolute atomic E-state index is 12.6. The zero-order valence-corrected chi connectivity index (χ0v) is 20.2. The van der Waals surface area contributed by atoms with E-state index in [-0.39, 0.29) is 53.5 Å². The monoisotopic (exact) mass is 497 g/mol. The first-order valence-corrected chi connectivity index (χ1v) is 11.0. The number of urea groups is 1.